The molecule has 1 heterocycles. The predicted molar refractivity (Wildman–Crippen MR) is 90.0 cm³/mol. The van der Waals surface area contributed by atoms with Crippen LogP contribution in [0.4, 0.5) is 0 Å². The average Bonchev–Trinajstić information content (AvgIpc) is 2.65. The van der Waals surface area contributed by atoms with Gasteiger partial charge in [-0.1, -0.05) is 12.2 Å². The number of ether oxygens (including phenoxy) is 4. The quantitative estimate of drug-likeness (QED) is 0.418. The number of phenolic OH excluding ortho intramolecular Hbond substituents is 1. The maximum absolute atomic E-state index is 9.88. The normalized spacial score (nSPS) is 29.1. The summed E-state index contributed by atoms with van der Waals surface area (Å²) < 4.78 is 20.7. The average molecular weight is 372 g/mol. The Morgan fingerprint density at radius 3 is 2.19 bits per heavy atom. The van der Waals surface area contributed by atoms with Gasteiger partial charge in [0.2, 0.25) is 5.75 Å². The molecule has 1 aromatic rings. The lowest BCUT2D eigenvalue weighted by atomic mass is 9.99. The molecular weight excluding hydrogens is 348 g/mol. The standard InChI is InChI=1S/C17H24O9/c1-23-10-6-9(7-11(24-2)13(10)19)4-3-5-25-17-16(22)15(21)14(20)12(8-18)26-17/h3-4,6-7,12,14-22H,5,8H2,1-2H3/b4-3+/t12-,14-,15+,16-,17?/m1/s1. The van der Waals surface area contributed by atoms with Crippen molar-refractivity contribution in [2.24, 2.45) is 0 Å². The van der Waals surface area contributed by atoms with E-state index in [0.717, 1.165) is 0 Å². The Hall–Kier alpha value is -1.88. The predicted octanol–water partition coefficient (Wildman–Crippen LogP) is -0.761. The van der Waals surface area contributed by atoms with Gasteiger partial charge in [-0.05, 0) is 17.7 Å². The minimum atomic E-state index is -1.49. The Bertz CT molecular complexity index is 591. The fourth-order valence-electron chi connectivity index (χ4n) is 2.55. The Balaban J connectivity index is 1.99. The molecule has 0 saturated carbocycles. The van der Waals surface area contributed by atoms with E-state index in [0.29, 0.717) is 5.56 Å². The van der Waals surface area contributed by atoms with Crippen molar-refractivity contribution in [3.8, 4) is 17.2 Å². The van der Waals surface area contributed by atoms with Crippen LogP contribution in [0.5, 0.6) is 17.2 Å². The number of benzene rings is 1. The number of phenols is 1. The molecule has 0 spiro atoms. The van der Waals surface area contributed by atoms with E-state index in [-0.39, 0.29) is 23.9 Å². The third-order valence-electron chi connectivity index (χ3n) is 4.02. The van der Waals surface area contributed by atoms with E-state index in [9.17, 15) is 20.4 Å². The van der Waals surface area contributed by atoms with Crippen LogP contribution in [-0.2, 0) is 9.47 Å². The van der Waals surface area contributed by atoms with Gasteiger partial charge < -0.3 is 44.5 Å². The summed E-state index contributed by atoms with van der Waals surface area (Å²) >= 11 is 0. The number of aliphatic hydroxyl groups is 4. The zero-order valence-electron chi connectivity index (χ0n) is 14.5. The highest BCUT2D eigenvalue weighted by Gasteiger charge is 2.43. The molecule has 0 aliphatic carbocycles. The number of hydrogen-bond acceptors (Lipinski definition) is 9. The van der Waals surface area contributed by atoms with Gasteiger partial charge in [-0.25, -0.2) is 0 Å². The molecule has 1 unspecified atom stereocenters. The lowest BCUT2D eigenvalue weighted by Gasteiger charge is -2.39. The summed E-state index contributed by atoms with van der Waals surface area (Å²) in [6, 6.07) is 3.20. The van der Waals surface area contributed by atoms with Crippen molar-refractivity contribution in [3.63, 3.8) is 0 Å². The van der Waals surface area contributed by atoms with Crippen LogP contribution in [0.15, 0.2) is 18.2 Å². The summed E-state index contributed by atoms with van der Waals surface area (Å²) in [6.45, 7) is -0.498. The molecule has 0 radical (unpaired) electrons. The summed E-state index contributed by atoms with van der Waals surface area (Å²) in [4.78, 5) is 0. The fourth-order valence-corrected chi connectivity index (χ4v) is 2.55. The van der Waals surface area contributed by atoms with Gasteiger partial charge in [0.05, 0.1) is 27.4 Å². The van der Waals surface area contributed by atoms with Gasteiger partial charge in [-0.2, -0.15) is 0 Å². The van der Waals surface area contributed by atoms with Crippen LogP contribution in [-0.4, -0.2) is 83.7 Å². The van der Waals surface area contributed by atoms with Gasteiger partial charge in [0, 0.05) is 0 Å². The molecule has 26 heavy (non-hydrogen) atoms. The molecule has 0 aromatic heterocycles. The van der Waals surface area contributed by atoms with Crippen LogP contribution in [0.2, 0.25) is 0 Å². The fraction of sp³-hybridized carbons (Fsp3) is 0.529. The highest BCUT2D eigenvalue weighted by atomic mass is 16.7. The Labute approximate surface area is 150 Å². The lowest BCUT2D eigenvalue weighted by molar-refractivity contribution is -0.298. The van der Waals surface area contributed by atoms with E-state index in [2.05, 4.69) is 0 Å². The van der Waals surface area contributed by atoms with E-state index in [1.165, 1.54) is 14.2 Å². The summed E-state index contributed by atoms with van der Waals surface area (Å²) in [6.07, 6.45) is -3.29. The van der Waals surface area contributed by atoms with Crippen molar-refractivity contribution in [1.82, 2.24) is 0 Å². The van der Waals surface area contributed by atoms with Gasteiger partial charge in [0.15, 0.2) is 17.8 Å². The number of aromatic hydroxyl groups is 1. The van der Waals surface area contributed by atoms with Crippen molar-refractivity contribution in [2.45, 2.75) is 30.7 Å². The number of rotatable bonds is 7. The first-order valence-corrected chi connectivity index (χ1v) is 7.96. The van der Waals surface area contributed by atoms with Crippen molar-refractivity contribution in [2.75, 3.05) is 27.4 Å². The van der Waals surface area contributed by atoms with Crippen molar-refractivity contribution in [3.05, 3.63) is 23.8 Å². The summed E-state index contributed by atoms with van der Waals surface area (Å²) in [5.41, 5.74) is 0.675. The van der Waals surface area contributed by atoms with Gasteiger partial charge in [-0.15, -0.1) is 0 Å². The summed E-state index contributed by atoms with van der Waals surface area (Å²) in [7, 11) is 2.84. The first-order chi connectivity index (χ1) is 12.4. The highest BCUT2D eigenvalue weighted by molar-refractivity contribution is 5.61. The van der Waals surface area contributed by atoms with Gasteiger partial charge in [0.25, 0.3) is 0 Å². The van der Waals surface area contributed by atoms with Crippen LogP contribution in [0.25, 0.3) is 6.08 Å². The van der Waals surface area contributed by atoms with Crippen LogP contribution >= 0.6 is 0 Å². The van der Waals surface area contributed by atoms with Gasteiger partial charge in [-0.3, -0.25) is 0 Å². The molecule has 9 nitrogen and oxygen atoms in total. The number of methoxy groups -OCH3 is 2. The van der Waals surface area contributed by atoms with E-state index < -0.39 is 37.3 Å². The molecule has 1 aliphatic heterocycles. The molecule has 1 fully saturated rings. The first-order valence-electron chi connectivity index (χ1n) is 7.96. The minimum absolute atomic E-state index is 0.0220. The topological polar surface area (TPSA) is 138 Å². The SMILES string of the molecule is COc1cc(/C=C/COC2O[C@H](CO)[C@@H](O)[C@H](O)[C@H]2O)cc(OC)c1O. The summed E-state index contributed by atoms with van der Waals surface area (Å²) in [5, 5.41) is 48.3. The van der Waals surface area contributed by atoms with E-state index in [1.54, 1.807) is 24.3 Å². The zero-order chi connectivity index (χ0) is 19.3. The maximum atomic E-state index is 9.88. The van der Waals surface area contributed by atoms with E-state index in [4.69, 9.17) is 24.1 Å². The minimum Gasteiger partial charge on any atom is -0.502 e. The van der Waals surface area contributed by atoms with Crippen molar-refractivity contribution in [1.29, 1.82) is 0 Å². The highest BCUT2D eigenvalue weighted by Crippen LogP contribution is 2.37. The van der Waals surface area contributed by atoms with Crippen molar-refractivity contribution < 1.29 is 44.5 Å². The van der Waals surface area contributed by atoms with Gasteiger partial charge in [0.1, 0.15) is 24.4 Å². The molecule has 1 aromatic carbocycles. The summed E-state index contributed by atoms with van der Waals surface area (Å²) in [5.74, 6) is 0.391. The first kappa shape index (κ1) is 20.4. The second-order valence-corrected chi connectivity index (χ2v) is 5.71. The lowest BCUT2D eigenvalue weighted by Crippen LogP contribution is -2.59. The Kier molecular flexibility index (Phi) is 7.21. The molecule has 5 N–H and O–H groups in total. The van der Waals surface area contributed by atoms with E-state index in [1.807, 2.05) is 0 Å². The molecule has 0 amide bonds. The van der Waals surface area contributed by atoms with Crippen molar-refractivity contribution >= 4 is 6.08 Å². The van der Waals surface area contributed by atoms with Gasteiger partial charge >= 0.3 is 0 Å². The molecule has 1 saturated heterocycles. The molecule has 5 atom stereocenters. The third-order valence-corrected chi connectivity index (χ3v) is 4.02. The van der Waals surface area contributed by atoms with E-state index >= 15 is 0 Å². The molecule has 1 aliphatic rings. The van der Waals surface area contributed by atoms with Crippen LogP contribution in [0.3, 0.4) is 0 Å². The second-order valence-electron chi connectivity index (χ2n) is 5.71. The van der Waals surface area contributed by atoms with Crippen LogP contribution in [0, 0.1) is 0 Å². The smallest absolute Gasteiger partial charge is 0.200 e. The van der Waals surface area contributed by atoms with Crippen LogP contribution in [0.1, 0.15) is 5.56 Å². The zero-order valence-corrected chi connectivity index (χ0v) is 14.5. The van der Waals surface area contributed by atoms with Crippen LogP contribution < -0.4 is 9.47 Å². The molecule has 9 heteroatoms. The number of hydrogen-bond donors (Lipinski definition) is 5. The largest absolute Gasteiger partial charge is 0.502 e. The molecule has 2 rings (SSSR count). The second kappa shape index (κ2) is 9.17. The maximum Gasteiger partial charge on any atom is 0.200 e. The Morgan fingerprint density at radius 2 is 1.65 bits per heavy atom. The number of aliphatic hydroxyl groups excluding tert-OH is 4. The molecule has 0 bridgehead atoms. The molecule has 146 valence electrons. The monoisotopic (exact) mass is 372 g/mol. The third kappa shape index (κ3) is 4.44. The Morgan fingerprint density at radius 1 is 1.04 bits per heavy atom. The molecular formula is C17H24O9.